The van der Waals surface area contributed by atoms with E-state index in [4.69, 9.17) is 0 Å². The molecule has 0 bridgehead atoms. The van der Waals surface area contributed by atoms with Gasteiger partial charge in [0.1, 0.15) is 0 Å². The van der Waals surface area contributed by atoms with Gasteiger partial charge in [-0.15, -0.1) is 0 Å². The summed E-state index contributed by atoms with van der Waals surface area (Å²) in [6.07, 6.45) is -3.56. The first-order valence-corrected chi connectivity index (χ1v) is 6.74. The van der Waals surface area contributed by atoms with Crippen molar-refractivity contribution in [1.29, 1.82) is 0 Å². The van der Waals surface area contributed by atoms with Crippen LogP contribution in [-0.4, -0.2) is 40.0 Å². The molecular weight excluding hydrogens is 245 g/mol. The first-order chi connectivity index (χ1) is 7.10. The lowest BCUT2D eigenvalue weighted by molar-refractivity contribution is -0.138. The number of halogens is 3. The van der Waals surface area contributed by atoms with E-state index in [2.05, 4.69) is 10.0 Å². The zero-order chi connectivity index (χ0) is 12.8. The molecule has 4 nitrogen and oxygen atoms in total. The van der Waals surface area contributed by atoms with Gasteiger partial charge in [-0.1, -0.05) is 0 Å². The highest BCUT2D eigenvalue weighted by atomic mass is 32.2. The van der Waals surface area contributed by atoms with Gasteiger partial charge in [0, 0.05) is 12.6 Å². The molecule has 0 saturated carbocycles. The highest BCUT2D eigenvalue weighted by Gasteiger charge is 2.29. The fraction of sp³-hybridized carbons (Fsp3) is 1.00. The first-order valence-electron chi connectivity index (χ1n) is 4.85. The third-order valence-electron chi connectivity index (χ3n) is 1.75. The maximum absolute atomic E-state index is 11.9. The Bertz CT molecular complexity index is 290. The molecular formula is C8H17F3N2O2S. The molecule has 0 aromatic heterocycles. The fourth-order valence-corrected chi connectivity index (χ4v) is 1.63. The molecule has 16 heavy (non-hydrogen) atoms. The highest BCUT2D eigenvalue weighted by molar-refractivity contribution is 7.88. The van der Waals surface area contributed by atoms with E-state index in [0.29, 0.717) is 13.0 Å². The van der Waals surface area contributed by atoms with E-state index in [1.165, 1.54) is 6.92 Å². The summed E-state index contributed by atoms with van der Waals surface area (Å²) in [5.41, 5.74) is 0. The predicted octanol–water partition coefficient (Wildman–Crippen LogP) is 0.856. The first kappa shape index (κ1) is 15.7. The molecule has 0 spiro atoms. The van der Waals surface area contributed by atoms with Crippen LogP contribution in [0.4, 0.5) is 13.2 Å². The van der Waals surface area contributed by atoms with Gasteiger partial charge in [0.25, 0.3) is 0 Å². The van der Waals surface area contributed by atoms with Gasteiger partial charge in [-0.05, 0) is 19.9 Å². The van der Waals surface area contributed by atoms with E-state index in [-0.39, 0.29) is 6.54 Å². The zero-order valence-corrected chi connectivity index (χ0v) is 10.1. The van der Waals surface area contributed by atoms with Gasteiger partial charge in [-0.3, -0.25) is 0 Å². The van der Waals surface area contributed by atoms with Crippen LogP contribution in [0.5, 0.6) is 0 Å². The lowest BCUT2D eigenvalue weighted by atomic mass is 10.2. The van der Waals surface area contributed by atoms with Gasteiger partial charge in [0.05, 0.1) is 12.7 Å². The topological polar surface area (TPSA) is 58.2 Å². The van der Waals surface area contributed by atoms with Crippen LogP contribution in [0.15, 0.2) is 0 Å². The van der Waals surface area contributed by atoms with Crippen LogP contribution in [0.1, 0.15) is 19.8 Å². The summed E-state index contributed by atoms with van der Waals surface area (Å²) < 4.78 is 59.2. The van der Waals surface area contributed by atoms with E-state index < -0.39 is 28.7 Å². The zero-order valence-electron chi connectivity index (χ0n) is 9.26. The number of sulfonamides is 1. The van der Waals surface area contributed by atoms with Gasteiger partial charge in [-0.2, -0.15) is 13.2 Å². The van der Waals surface area contributed by atoms with Gasteiger partial charge < -0.3 is 5.32 Å². The standard InChI is InChI=1S/C8H17F3N2O2S/c1-7(6-8(9,10)11)12-4-3-5-13-16(2,14)15/h7,12-13H,3-6H2,1-2H3. The van der Waals surface area contributed by atoms with Crippen molar-refractivity contribution in [1.82, 2.24) is 10.0 Å². The molecule has 0 radical (unpaired) electrons. The van der Waals surface area contributed by atoms with Crippen LogP contribution in [0, 0.1) is 0 Å². The number of nitrogens with one attached hydrogen (secondary N) is 2. The molecule has 0 heterocycles. The van der Waals surface area contributed by atoms with Crippen molar-refractivity contribution in [3.8, 4) is 0 Å². The van der Waals surface area contributed by atoms with E-state index in [9.17, 15) is 21.6 Å². The quantitative estimate of drug-likeness (QED) is 0.669. The van der Waals surface area contributed by atoms with Gasteiger partial charge in [0.15, 0.2) is 0 Å². The minimum Gasteiger partial charge on any atom is -0.314 e. The van der Waals surface area contributed by atoms with Crippen molar-refractivity contribution in [3.05, 3.63) is 0 Å². The number of alkyl halides is 3. The van der Waals surface area contributed by atoms with Crippen LogP contribution in [0.3, 0.4) is 0 Å². The van der Waals surface area contributed by atoms with Gasteiger partial charge in [0.2, 0.25) is 10.0 Å². The smallest absolute Gasteiger partial charge is 0.314 e. The van der Waals surface area contributed by atoms with Crippen LogP contribution >= 0.6 is 0 Å². The molecule has 0 fully saturated rings. The monoisotopic (exact) mass is 262 g/mol. The van der Waals surface area contributed by atoms with E-state index in [0.717, 1.165) is 6.26 Å². The Morgan fingerprint density at radius 2 is 1.81 bits per heavy atom. The molecule has 0 aromatic rings. The summed E-state index contributed by atoms with van der Waals surface area (Å²) in [5, 5.41) is 2.67. The van der Waals surface area contributed by atoms with E-state index in [1.807, 2.05) is 0 Å². The maximum Gasteiger partial charge on any atom is 0.390 e. The van der Waals surface area contributed by atoms with Crippen molar-refractivity contribution in [3.63, 3.8) is 0 Å². The van der Waals surface area contributed by atoms with Crippen molar-refractivity contribution < 1.29 is 21.6 Å². The average molecular weight is 262 g/mol. The average Bonchev–Trinajstić information content (AvgIpc) is 1.97. The van der Waals surface area contributed by atoms with Crippen LogP contribution in [0.25, 0.3) is 0 Å². The Morgan fingerprint density at radius 3 is 2.25 bits per heavy atom. The third kappa shape index (κ3) is 11.7. The molecule has 0 aliphatic rings. The molecule has 1 unspecified atom stereocenters. The van der Waals surface area contributed by atoms with Crippen LogP contribution in [0.2, 0.25) is 0 Å². The Morgan fingerprint density at radius 1 is 1.25 bits per heavy atom. The third-order valence-corrected chi connectivity index (χ3v) is 2.48. The lowest BCUT2D eigenvalue weighted by Crippen LogP contribution is -2.33. The highest BCUT2D eigenvalue weighted by Crippen LogP contribution is 2.21. The molecule has 8 heteroatoms. The van der Waals surface area contributed by atoms with Crippen molar-refractivity contribution >= 4 is 10.0 Å². The molecule has 0 aromatic carbocycles. The van der Waals surface area contributed by atoms with E-state index in [1.54, 1.807) is 0 Å². The summed E-state index contributed by atoms with van der Waals surface area (Å²) in [7, 11) is -3.21. The molecule has 0 saturated heterocycles. The van der Waals surface area contributed by atoms with Gasteiger partial charge >= 0.3 is 6.18 Å². The Hall–Kier alpha value is -0.340. The molecule has 0 rings (SSSR count). The summed E-state index contributed by atoms with van der Waals surface area (Å²) in [6.45, 7) is 2.02. The Balaban J connectivity index is 3.53. The number of hydrogen-bond donors (Lipinski definition) is 2. The van der Waals surface area contributed by atoms with Crippen LogP contribution < -0.4 is 10.0 Å². The van der Waals surface area contributed by atoms with Gasteiger partial charge in [-0.25, -0.2) is 13.1 Å². The second kappa shape index (κ2) is 6.41. The largest absolute Gasteiger partial charge is 0.390 e. The normalized spacial score (nSPS) is 15.1. The SMILES string of the molecule is CC(CC(F)(F)F)NCCCNS(C)(=O)=O. The molecule has 0 aliphatic heterocycles. The number of rotatable bonds is 7. The fourth-order valence-electron chi connectivity index (χ4n) is 1.11. The van der Waals surface area contributed by atoms with Crippen molar-refractivity contribution in [2.24, 2.45) is 0 Å². The second-order valence-corrected chi connectivity index (χ2v) is 5.53. The Kier molecular flexibility index (Phi) is 6.27. The molecule has 0 aliphatic carbocycles. The number of hydrogen-bond acceptors (Lipinski definition) is 3. The maximum atomic E-state index is 11.9. The lowest BCUT2D eigenvalue weighted by Gasteiger charge is -2.15. The molecule has 1 atom stereocenters. The summed E-state index contributed by atoms with van der Waals surface area (Å²) in [6, 6.07) is -0.654. The minimum absolute atomic E-state index is 0.227. The van der Waals surface area contributed by atoms with E-state index >= 15 is 0 Å². The summed E-state index contributed by atoms with van der Waals surface area (Å²) >= 11 is 0. The second-order valence-electron chi connectivity index (χ2n) is 3.69. The van der Waals surface area contributed by atoms with Crippen LogP contribution in [-0.2, 0) is 10.0 Å². The predicted molar refractivity (Wildman–Crippen MR) is 55.6 cm³/mol. The molecule has 98 valence electrons. The molecule has 2 N–H and O–H groups in total. The van der Waals surface area contributed by atoms with Crippen molar-refractivity contribution in [2.75, 3.05) is 19.3 Å². The van der Waals surface area contributed by atoms with Crippen molar-refractivity contribution in [2.45, 2.75) is 32.0 Å². The molecule has 0 amide bonds. The summed E-state index contributed by atoms with van der Waals surface area (Å²) in [5.74, 6) is 0. The Labute approximate surface area is 93.7 Å². The minimum atomic E-state index is -4.17. The summed E-state index contributed by atoms with van der Waals surface area (Å²) in [4.78, 5) is 0.